The third kappa shape index (κ3) is 4.50. The van der Waals surface area contributed by atoms with Crippen molar-refractivity contribution in [3.8, 4) is 11.5 Å². The summed E-state index contributed by atoms with van der Waals surface area (Å²) in [6.45, 7) is 2.90. The second kappa shape index (κ2) is 8.82. The topological polar surface area (TPSA) is 82.8 Å². The largest absolute Gasteiger partial charge is 0.493 e. The van der Waals surface area contributed by atoms with Gasteiger partial charge in [-0.15, -0.1) is 12.4 Å². The Hall–Kier alpha value is -1.50. The maximum Gasteiger partial charge on any atom is 0.253 e. The van der Waals surface area contributed by atoms with Crippen molar-refractivity contribution in [1.29, 1.82) is 0 Å². The summed E-state index contributed by atoms with van der Waals surface area (Å²) in [6.07, 6.45) is 1.06. The fourth-order valence-corrected chi connectivity index (χ4v) is 2.31. The number of carbonyl (C=O) groups is 1. The molecule has 6 nitrogen and oxygen atoms in total. The van der Waals surface area contributed by atoms with Gasteiger partial charge in [-0.3, -0.25) is 4.79 Å². The number of nitrogens with one attached hydrogen (secondary N) is 1. The Balaban J connectivity index is 0.00000242. The second-order valence-electron chi connectivity index (χ2n) is 4.85. The van der Waals surface area contributed by atoms with Crippen molar-refractivity contribution in [3.63, 3.8) is 0 Å². The first-order valence-electron chi connectivity index (χ1n) is 7.15. The molecule has 1 aromatic carbocycles. The van der Waals surface area contributed by atoms with Crippen molar-refractivity contribution in [2.75, 3.05) is 25.6 Å². The van der Waals surface area contributed by atoms with E-state index in [-0.39, 0.29) is 24.4 Å². The van der Waals surface area contributed by atoms with Crippen LogP contribution in [0.5, 0.6) is 11.5 Å². The van der Waals surface area contributed by atoms with Gasteiger partial charge >= 0.3 is 0 Å². The molecule has 1 amide bonds. The lowest BCUT2D eigenvalue weighted by Gasteiger charge is -2.14. The van der Waals surface area contributed by atoms with Crippen LogP contribution in [0.25, 0.3) is 0 Å². The van der Waals surface area contributed by atoms with E-state index < -0.39 is 6.10 Å². The van der Waals surface area contributed by atoms with Crippen molar-refractivity contribution >= 4 is 24.0 Å². The highest BCUT2D eigenvalue weighted by molar-refractivity contribution is 5.94. The normalized spacial score (nSPS) is 20.1. The lowest BCUT2D eigenvalue weighted by atomic mass is 10.2. The maximum atomic E-state index is 12.1. The molecule has 1 saturated heterocycles. The van der Waals surface area contributed by atoms with Gasteiger partial charge in [-0.2, -0.15) is 0 Å². The maximum absolute atomic E-state index is 12.1. The average molecular weight is 331 g/mol. The number of nitrogens with two attached hydrogens (primary N) is 1. The monoisotopic (exact) mass is 330 g/mol. The molecule has 0 spiro atoms. The van der Waals surface area contributed by atoms with Crippen LogP contribution in [0.15, 0.2) is 18.2 Å². The molecule has 0 saturated carbocycles. The van der Waals surface area contributed by atoms with Crippen LogP contribution in [0, 0.1) is 0 Å². The molecule has 3 N–H and O–H groups in total. The molecule has 1 aliphatic heterocycles. The summed E-state index contributed by atoms with van der Waals surface area (Å²) in [5, 5.41) is 2.83. The number of rotatable bonds is 6. The van der Waals surface area contributed by atoms with Crippen molar-refractivity contribution in [2.45, 2.75) is 32.0 Å². The Kier molecular flexibility index (Phi) is 7.44. The summed E-state index contributed by atoms with van der Waals surface area (Å²) in [4.78, 5) is 12.1. The first kappa shape index (κ1) is 18.5. The van der Waals surface area contributed by atoms with Crippen LogP contribution in [-0.4, -0.2) is 38.4 Å². The summed E-state index contributed by atoms with van der Waals surface area (Å²) >= 11 is 0. The summed E-state index contributed by atoms with van der Waals surface area (Å²) in [6, 6.07) is 5.29. The lowest BCUT2D eigenvalue weighted by molar-refractivity contribution is -0.126. The predicted octanol–water partition coefficient (Wildman–Crippen LogP) is 1.96. The van der Waals surface area contributed by atoms with Crippen LogP contribution in [-0.2, 0) is 9.53 Å². The smallest absolute Gasteiger partial charge is 0.253 e. The molecule has 124 valence electrons. The Morgan fingerprint density at radius 2 is 2.18 bits per heavy atom. The SMILES string of the molecule is CCOc1ccc(NC(=O)[C@@H]2CC[C@H](CN)O2)cc1OC.Cl. The molecule has 7 heteroatoms. The molecule has 0 radical (unpaired) electrons. The highest BCUT2D eigenvalue weighted by atomic mass is 35.5. The Bertz CT molecular complexity index is 498. The lowest BCUT2D eigenvalue weighted by Crippen LogP contribution is -2.29. The number of methoxy groups -OCH3 is 1. The zero-order chi connectivity index (χ0) is 15.2. The van der Waals surface area contributed by atoms with Crippen LogP contribution in [0.4, 0.5) is 5.69 Å². The number of ether oxygens (including phenoxy) is 3. The van der Waals surface area contributed by atoms with E-state index in [0.717, 1.165) is 6.42 Å². The van der Waals surface area contributed by atoms with Gasteiger partial charge in [0, 0.05) is 18.3 Å². The summed E-state index contributed by atoms with van der Waals surface area (Å²) in [5.41, 5.74) is 6.20. The molecule has 0 aliphatic carbocycles. The molecule has 22 heavy (non-hydrogen) atoms. The average Bonchev–Trinajstić information content (AvgIpc) is 2.98. The summed E-state index contributed by atoms with van der Waals surface area (Å²) in [5.74, 6) is 1.08. The van der Waals surface area contributed by atoms with Crippen LogP contribution < -0.4 is 20.5 Å². The minimum atomic E-state index is -0.434. The van der Waals surface area contributed by atoms with E-state index in [0.29, 0.717) is 36.8 Å². The van der Waals surface area contributed by atoms with Crippen molar-refractivity contribution < 1.29 is 19.0 Å². The number of carbonyl (C=O) groups excluding carboxylic acids is 1. The van der Waals surface area contributed by atoms with Gasteiger partial charge in [-0.25, -0.2) is 0 Å². The van der Waals surface area contributed by atoms with Gasteiger partial charge in [-0.05, 0) is 31.9 Å². The third-order valence-corrected chi connectivity index (χ3v) is 3.39. The van der Waals surface area contributed by atoms with E-state index >= 15 is 0 Å². The van der Waals surface area contributed by atoms with E-state index in [1.54, 1.807) is 25.3 Å². The van der Waals surface area contributed by atoms with Gasteiger partial charge in [0.1, 0.15) is 6.10 Å². The molecule has 0 aromatic heterocycles. The molecule has 2 rings (SSSR count). The fraction of sp³-hybridized carbons (Fsp3) is 0.533. The van der Waals surface area contributed by atoms with Crippen LogP contribution in [0.1, 0.15) is 19.8 Å². The molecule has 0 bridgehead atoms. The zero-order valence-corrected chi connectivity index (χ0v) is 13.7. The molecule has 0 unspecified atom stereocenters. The Labute approximate surface area is 136 Å². The molecular weight excluding hydrogens is 308 g/mol. The van der Waals surface area contributed by atoms with Gasteiger partial charge < -0.3 is 25.3 Å². The number of benzene rings is 1. The molecule has 2 atom stereocenters. The van der Waals surface area contributed by atoms with Gasteiger partial charge in [-0.1, -0.05) is 0 Å². The number of hydrogen-bond acceptors (Lipinski definition) is 5. The molecule has 1 fully saturated rings. The summed E-state index contributed by atoms with van der Waals surface area (Å²) in [7, 11) is 1.56. The fourth-order valence-electron chi connectivity index (χ4n) is 2.31. The number of hydrogen-bond donors (Lipinski definition) is 2. The molecule has 1 aliphatic rings. The van der Waals surface area contributed by atoms with Crippen LogP contribution in [0.2, 0.25) is 0 Å². The molecule has 1 aromatic rings. The van der Waals surface area contributed by atoms with Crippen LogP contribution >= 0.6 is 12.4 Å². The van der Waals surface area contributed by atoms with E-state index in [4.69, 9.17) is 19.9 Å². The van der Waals surface area contributed by atoms with Crippen molar-refractivity contribution in [2.24, 2.45) is 5.73 Å². The van der Waals surface area contributed by atoms with E-state index in [9.17, 15) is 4.79 Å². The summed E-state index contributed by atoms with van der Waals surface area (Å²) < 4.78 is 16.3. The van der Waals surface area contributed by atoms with Gasteiger partial charge in [0.05, 0.1) is 19.8 Å². The number of halogens is 1. The molecular formula is C15H23ClN2O4. The predicted molar refractivity (Wildman–Crippen MR) is 87.0 cm³/mol. The first-order valence-corrected chi connectivity index (χ1v) is 7.15. The quantitative estimate of drug-likeness (QED) is 0.833. The number of anilines is 1. The second-order valence-corrected chi connectivity index (χ2v) is 4.85. The van der Waals surface area contributed by atoms with Gasteiger partial charge in [0.15, 0.2) is 11.5 Å². The Morgan fingerprint density at radius 1 is 1.41 bits per heavy atom. The van der Waals surface area contributed by atoms with Crippen molar-refractivity contribution in [3.05, 3.63) is 18.2 Å². The highest BCUT2D eigenvalue weighted by Crippen LogP contribution is 2.30. The first-order chi connectivity index (χ1) is 10.2. The minimum absolute atomic E-state index is 0. The van der Waals surface area contributed by atoms with Crippen LogP contribution in [0.3, 0.4) is 0 Å². The Morgan fingerprint density at radius 3 is 2.77 bits per heavy atom. The standard InChI is InChI=1S/C15H22N2O4.ClH/c1-3-20-12-6-4-10(8-14(12)19-2)17-15(18)13-7-5-11(9-16)21-13;/h4,6,8,11,13H,3,5,7,9,16H2,1-2H3,(H,17,18);1H/t11-,13+;/m1./s1. The van der Waals surface area contributed by atoms with Gasteiger partial charge in [0.25, 0.3) is 5.91 Å². The van der Waals surface area contributed by atoms with E-state index in [1.165, 1.54) is 0 Å². The van der Waals surface area contributed by atoms with E-state index in [2.05, 4.69) is 5.32 Å². The number of amides is 1. The van der Waals surface area contributed by atoms with Gasteiger partial charge in [0.2, 0.25) is 0 Å². The highest BCUT2D eigenvalue weighted by Gasteiger charge is 2.29. The molecule has 1 heterocycles. The zero-order valence-electron chi connectivity index (χ0n) is 12.8. The van der Waals surface area contributed by atoms with E-state index in [1.807, 2.05) is 6.92 Å². The third-order valence-electron chi connectivity index (χ3n) is 3.39. The van der Waals surface area contributed by atoms with Crippen molar-refractivity contribution in [1.82, 2.24) is 0 Å². The minimum Gasteiger partial charge on any atom is -0.493 e.